The van der Waals surface area contributed by atoms with Crippen LogP contribution in [0, 0.1) is 12.8 Å². The van der Waals surface area contributed by atoms with E-state index < -0.39 is 0 Å². The van der Waals surface area contributed by atoms with Gasteiger partial charge in [-0.25, -0.2) is 0 Å². The van der Waals surface area contributed by atoms with Gasteiger partial charge in [0.05, 0.1) is 0 Å². The fraction of sp³-hybridized carbons (Fsp3) is 0.684. The molecule has 118 valence electrons. The van der Waals surface area contributed by atoms with Crippen LogP contribution in [0.1, 0.15) is 57.6 Å². The molecule has 2 rings (SSSR count). The van der Waals surface area contributed by atoms with Gasteiger partial charge < -0.3 is 10.1 Å². The lowest BCUT2D eigenvalue weighted by molar-refractivity contribution is 0.207. The van der Waals surface area contributed by atoms with Crippen molar-refractivity contribution in [2.45, 2.75) is 71.9 Å². The maximum absolute atomic E-state index is 6.09. The average molecular weight is 289 g/mol. The van der Waals surface area contributed by atoms with E-state index in [9.17, 15) is 0 Å². The van der Waals surface area contributed by atoms with Gasteiger partial charge in [-0.05, 0) is 56.7 Å². The molecule has 0 aromatic heterocycles. The lowest BCUT2D eigenvalue weighted by Gasteiger charge is -2.22. The predicted octanol–water partition coefficient (Wildman–Crippen LogP) is 4.49. The molecule has 0 bridgehead atoms. The van der Waals surface area contributed by atoms with Gasteiger partial charge in [-0.2, -0.15) is 0 Å². The molecule has 2 nitrogen and oxygen atoms in total. The first kappa shape index (κ1) is 16.4. The summed E-state index contributed by atoms with van der Waals surface area (Å²) in [5, 5.41) is 3.70. The van der Waals surface area contributed by atoms with E-state index in [4.69, 9.17) is 4.74 Å². The summed E-state index contributed by atoms with van der Waals surface area (Å²) in [4.78, 5) is 0. The number of rotatable bonds is 8. The molecule has 1 N–H and O–H groups in total. The zero-order valence-electron chi connectivity index (χ0n) is 14.1. The van der Waals surface area contributed by atoms with Gasteiger partial charge in [0.1, 0.15) is 11.9 Å². The molecule has 2 heteroatoms. The van der Waals surface area contributed by atoms with Crippen LogP contribution >= 0.6 is 0 Å². The first-order valence-corrected chi connectivity index (χ1v) is 8.58. The maximum atomic E-state index is 6.09. The molecule has 1 aliphatic heterocycles. The van der Waals surface area contributed by atoms with Crippen molar-refractivity contribution in [2.24, 2.45) is 5.92 Å². The van der Waals surface area contributed by atoms with Gasteiger partial charge in [0.25, 0.3) is 0 Å². The summed E-state index contributed by atoms with van der Waals surface area (Å²) in [5.41, 5.74) is 2.72. The summed E-state index contributed by atoms with van der Waals surface area (Å²) in [7, 11) is 0. The standard InChI is InChI=1S/C19H31NO/c1-5-10-20-17(11-14(2)3)7-8-18-13-16-12-15(4)6-9-19(16)21-18/h6,9,12,14,17-18,20H,5,7-8,10-11,13H2,1-4H3. The Bertz CT molecular complexity index is 441. The average Bonchev–Trinajstić information content (AvgIpc) is 2.83. The van der Waals surface area contributed by atoms with Gasteiger partial charge in [0, 0.05) is 12.5 Å². The van der Waals surface area contributed by atoms with Gasteiger partial charge in [0.15, 0.2) is 0 Å². The lowest BCUT2D eigenvalue weighted by Crippen LogP contribution is -2.32. The zero-order valence-corrected chi connectivity index (χ0v) is 14.1. The molecule has 1 aliphatic rings. The largest absolute Gasteiger partial charge is 0.490 e. The number of benzene rings is 1. The summed E-state index contributed by atoms with van der Waals surface area (Å²) in [6, 6.07) is 7.19. The minimum absolute atomic E-state index is 0.375. The first-order chi connectivity index (χ1) is 10.1. The SMILES string of the molecule is CCCNC(CCC1Cc2cc(C)ccc2O1)CC(C)C. The van der Waals surface area contributed by atoms with Crippen LogP contribution in [0.2, 0.25) is 0 Å². The van der Waals surface area contributed by atoms with Crippen molar-refractivity contribution >= 4 is 0 Å². The minimum Gasteiger partial charge on any atom is -0.490 e. The fourth-order valence-electron chi connectivity index (χ4n) is 3.22. The van der Waals surface area contributed by atoms with Crippen molar-refractivity contribution in [2.75, 3.05) is 6.54 Å². The van der Waals surface area contributed by atoms with Gasteiger partial charge in [0.2, 0.25) is 0 Å². The minimum atomic E-state index is 0.375. The number of nitrogens with one attached hydrogen (secondary N) is 1. The van der Waals surface area contributed by atoms with E-state index >= 15 is 0 Å². The monoisotopic (exact) mass is 289 g/mol. The smallest absolute Gasteiger partial charge is 0.123 e. The lowest BCUT2D eigenvalue weighted by atomic mass is 9.96. The Morgan fingerprint density at radius 1 is 1.33 bits per heavy atom. The number of hydrogen-bond acceptors (Lipinski definition) is 2. The van der Waals surface area contributed by atoms with Gasteiger partial charge in [-0.3, -0.25) is 0 Å². The highest BCUT2D eigenvalue weighted by Crippen LogP contribution is 2.31. The van der Waals surface area contributed by atoms with E-state index in [1.165, 1.54) is 30.4 Å². The van der Waals surface area contributed by atoms with E-state index in [0.29, 0.717) is 12.1 Å². The van der Waals surface area contributed by atoms with Gasteiger partial charge in [-0.1, -0.05) is 38.5 Å². The molecule has 0 saturated carbocycles. The Morgan fingerprint density at radius 2 is 2.14 bits per heavy atom. The molecule has 1 aromatic carbocycles. The quantitative estimate of drug-likeness (QED) is 0.761. The molecule has 1 aromatic rings. The third kappa shape index (κ3) is 5.03. The Morgan fingerprint density at radius 3 is 2.86 bits per heavy atom. The Balaban J connectivity index is 1.82. The predicted molar refractivity (Wildman–Crippen MR) is 90.1 cm³/mol. The van der Waals surface area contributed by atoms with Crippen LogP contribution in [0.15, 0.2) is 18.2 Å². The van der Waals surface area contributed by atoms with Crippen LogP contribution in [-0.4, -0.2) is 18.7 Å². The van der Waals surface area contributed by atoms with Crippen LogP contribution in [0.3, 0.4) is 0 Å². The van der Waals surface area contributed by atoms with Crippen molar-refractivity contribution < 1.29 is 4.74 Å². The van der Waals surface area contributed by atoms with Crippen LogP contribution in [-0.2, 0) is 6.42 Å². The van der Waals surface area contributed by atoms with Crippen LogP contribution in [0.5, 0.6) is 5.75 Å². The highest BCUT2D eigenvalue weighted by Gasteiger charge is 2.23. The molecule has 0 fully saturated rings. The van der Waals surface area contributed by atoms with Crippen molar-refractivity contribution in [3.05, 3.63) is 29.3 Å². The molecule has 0 radical (unpaired) electrons. The molecule has 0 saturated heterocycles. The number of hydrogen-bond donors (Lipinski definition) is 1. The second kappa shape index (κ2) is 7.84. The Kier molecular flexibility index (Phi) is 6.10. The van der Waals surface area contributed by atoms with Crippen LogP contribution in [0.25, 0.3) is 0 Å². The number of fused-ring (bicyclic) bond motifs is 1. The summed E-state index contributed by atoms with van der Waals surface area (Å²) < 4.78 is 6.09. The highest BCUT2D eigenvalue weighted by molar-refractivity contribution is 5.40. The van der Waals surface area contributed by atoms with Crippen LogP contribution < -0.4 is 10.1 Å². The number of ether oxygens (including phenoxy) is 1. The molecule has 0 amide bonds. The normalized spacial score (nSPS) is 18.6. The van der Waals surface area contributed by atoms with Crippen molar-refractivity contribution in [3.8, 4) is 5.75 Å². The third-order valence-corrected chi connectivity index (χ3v) is 4.23. The first-order valence-electron chi connectivity index (χ1n) is 8.58. The van der Waals surface area contributed by atoms with Crippen LogP contribution in [0.4, 0.5) is 0 Å². The molecule has 0 aliphatic carbocycles. The van der Waals surface area contributed by atoms with Crippen molar-refractivity contribution in [3.63, 3.8) is 0 Å². The molecular formula is C19H31NO. The van der Waals surface area contributed by atoms with E-state index in [0.717, 1.165) is 31.1 Å². The maximum Gasteiger partial charge on any atom is 0.123 e. The second-order valence-corrected chi connectivity index (χ2v) is 6.91. The van der Waals surface area contributed by atoms with Gasteiger partial charge in [-0.15, -0.1) is 0 Å². The fourth-order valence-corrected chi connectivity index (χ4v) is 3.22. The van der Waals surface area contributed by atoms with Gasteiger partial charge >= 0.3 is 0 Å². The summed E-state index contributed by atoms with van der Waals surface area (Å²) in [6.45, 7) is 10.1. The van der Waals surface area contributed by atoms with Crippen molar-refractivity contribution in [1.82, 2.24) is 5.32 Å². The highest BCUT2D eigenvalue weighted by atomic mass is 16.5. The van der Waals surface area contributed by atoms with E-state index in [-0.39, 0.29) is 0 Å². The van der Waals surface area contributed by atoms with E-state index in [1.807, 2.05) is 0 Å². The molecule has 1 heterocycles. The van der Waals surface area contributed by atoms with Crippen molar-refractivity contribution in [1.29, 1.82) is 0 Å². The summed E-state index contributed by atoms with van der Waals surface area (Å²) in [6.07, 6.45) is 6.30. The zero-order chi connectivity index (χ0) is 15.2. The topological polar surface area (TPSA) is 21.3 Å². The Hall–Kier alpha value is -1.02. The molecule has 0 spiro atoms. The summed E-state index contributed by atoms with van der Waals surface area (Å²) in [5.74, 6) is 1.86. The number of aryl methyl sites for hydroxylation is 1. The third-order valence-electron chi connectivity index (χ3n) is 4.23. The molecule has 21 heavy (non-hydrogen) atoms. The molecule has 2 atom stereocenters. The molecular weight excluding hydrogens is 258 g/mol. The van der Waals surface area contributed by atoms with E-state index in [1.54, 1.807) is 0 Å². The molecule has 2 unspecified atom stereocenters. The Labute approximate surface area is 130 Å². The van der Waals surface area contributed by atoms with E-state index in [2.05, 4.69) is 51.2 Å². The second-order valence-electron chi connectivity index (χ2n) is 6.91. The summed E-state index contributed by atoms with van der Waals surface area (Å²) >= 11 is 0.